The van der Waals surface area contributed by atoms with Crippen molar-refractivity contribution < 1.29 is 14.7 Å². The lowest BCUT2D eigenvalue weighted by Crippen LogP contribution is -2.58. The maximum atomic E-state index is 11.9. The molecule has 1 heterocycles. The van der Waals surface area contributed by atoms with Gasteiger partial charge in [-0.2, -0.15) is 0 Å². The summed E-state index contributed by atoms with van der Waals surface area (Å²) in [4.78, 5) is 24.4. The Kier molecular flexibility index (Phi) is 3.62. The van der Waals surface area contributed by atoms with Gasteiger partial charge in [0.15, 0.2) is 0 Å². The molecular weight excluding hydrogens is 232 g/mol. The van der Waals surface area contributed by atoms with E-state index >= 15 is 0 Å². The van der Waals surface area contributed by atoms with Crippen LogP contribution in [-0.2, 0) is 16.0 Å². The number of amides is 1. The molecule has 96 valence electrons. The number of carbonyl (C=O) groups is 2. The van der Waals surface area contributed by atoms with Crippen molar-refractivity contribution in [2.45, 2.75) is 19.4 Å². The molecular formula is C13H16N2O3. The topological polar surface area (TPSA) is 69.6 Å². The molecule has 18 heavy (non-hydrogen) atoms. The zero-order valence-electron chi connectivity index (χ0n) is 10.2. The molecule has 0 saturated carbocycles. The number of carbonyl (C=O) groups excluding carboxylic acids is 1. The molecule has 5 nitrogen and oxygen atoms in total. The number of carboxylic acid groups (broad SMARTS) is 1. The first-order valence-electron chi connectivity index (χ1n) is 5.98. The third-order valence-electron chi connectivity index (χ3n) is 3.10. The molecule has 1 aromatic carbocycles. The first-order chi connectivity index (χ1) is 8.63. The smallest absolute Gasteiger partial charge is 0.328 e. The fraction of sp³-hybridized carbons (Fsp3) is 0.385. The summed E-state index contributed by atoms with van der Waals surface area (Å²) in [5.74, 6) is -1.20. The molecule has 5 heteroatoms. The number of nitrogens with one attached hydrogen (secondary N) is 1. The number of anilines is 1. The van der Waals surface area contributed by atoms with E-state index in [1.54, 1.807) is 12.1 Å². The van der Waals surface area contributed by atoms with Crippen molar-refractivity contribution in [3.05, 3.63) is 29.8 Å². The third kappa shape index (κ3) is 2.36. The van der Waals surface area contributed by atoms with E-state index in [0.717, 1.165) is 12.0 Å². The number of piperazine rings is 1. The van der Waals surface area contributed by atoms with Crippen LogP contribution in [0.3, 0.4) is 0 Å². The van der Waals surface area contributed by atoms with Crippen LogP contribution in [0.5, 0.6) is 0 Å². The highest BCUT2D eigenvalue weighted by Crippen LogP contribution is 2.20. The molecule has 0 aliphatic carbocycles. The van der Waals surface area contributed by atoms with Crippen LogP contribution in [0, 0.1) is 0 Å². The summed E-state index contributed by atoms with van der Waals surface area (Å²) in [7, 11) is 0. The van der Waals surface area contributed by atoms with Gasteiger partial charge in [0, 0.05) is 12.2 Å². The lowest BCUT2D eigenvalue weighted by atomic mass is 10.1. The van der Waals surface area contributed by atoms with Gasteiger partial charge in [-0.15, -0.1) is 0 Å². The van der Waals surface area contributed by atoms with E-state index in [1.165, 1.54) is 4.90 Å². The van der Waals surface area contributed by atoms with Gasteiger partial charge in [0.1, 0.15) is 6.04 Å². The van der Waals surface area contributed by atoms with Crippen molar-refractivity contribution in [2.75, 3.05) is 18.0 Å². The van der Waals surface area contributed by atoms with Gasteiger partial charge in [-0.05, 0) is 24.1 Å². The van der Waals surface area contributed by atoms with Crippen molar-refractivity contribution in [1.82, 2.24) is 5.32 Å². The van der Waals surface area contributed by atoms with E-state index in [1.807, 2.05) is 19.1 Å². The van der Waals surface area contributed by atoms with Crippen LogP contribution in [0.1, 0.15) is 12.5 Å². The first-order valence-corrected chi connectivity index (χ1v) is 5.98. The normalized spacial score (nSPS) is 19.9. The standard InChI is InChI=1S/C13H16N2O3/c1-2-9-3-5-10(6-4-9)15-11(13(17)18)7-14-8-12(15)16/h3-6,11,14H,2,7-8H2,1H3,(H,17,18). The molecule has 1 aliphatic heterocycles. The minimum Gasteiger partial charge on any atom is -0.480 e. The Morgan fingerprint density at radius 1 is 1.44 bits per heavy atom. The summed E-state index contributed by atoms with van der Waals surface area (Å²) in [6, 6.07) is 6.61. The van der Waals surface area contributed by atoms with Crippen LogP contribution in [-0.4, -0.2) is 36.1 Å². The van der Waals surface area contributed by atoms with Gasteiger partial charge in [-0.3, -0.25) is 9.69 Å². The fourth-order valence-corrected chi connectivity index (χ4v) is 2.08. The highest BCUT2D eigenvalue weighted by molar-refractivity contribution is 6.01. The quantitative estimate of drug-likeness (QED) is 0.823. The number of hydrogen-bond acceptors (Lipinski definition) is 3. The van der Waals surface area contributed by atoms with E-state index in [9.17, 15) is 9.59 Å². The second-order valence-corrected chi connectivity index (χ2v) is 4.27. The summed E-state index contributed by atoms with van der Waals surface area (Å²) < 4.78 is 0. The van der Waals surface area contributed by atoms with Crippen molar-refractivity contribution in [3.8, 4) is 0 Å². The van der Waals surface area contributed by atoms with Crippen molar-refractivity contribution >= 4 is 17.6 Å². The molecule has 1 aliphatic rings. The zero-order valence-corrected chi connectivity index (χ0v) is 10.2. The number of rotatable bonds is 3. The number of carboxylic acids is 1. The van der Waals surface area contributed by atoms with Crippen molar-refractivity contribution in [3.63, 3.8) is 0 Å². The molecule has 1 amide bonds. The largest absolute Gasteiger partial charge is 0.480 e. The zero-order chi connectivity index (χ0) is 13.1. The molecule has 0 bridgehead atoms. The summed E-state index contributed by atoms with van der Waals surface area (Å²) in [5, 5.41) is 12.0. The van der Waals surface area contributed by atoms with Gasteiger partial charge in [0.05, 0.1) is 6.54 Å². The average molecular weight is 248 g/mol. The molecule has 0 spiro atoms. The molecule has 2 rings (SSSR count). The van der Waals surface area contributed by atoms with Crippen LogP contribution in [0.4, 0.5) is 5.69 Å². The number of nitrogens with zero attached hydrogens (tertiary/aromatic N) is 1. The van der Waals surface area contributed by atoms with Gasteiger partial charge in [-0.1, -0.05) is 19.1 Å². The lowest BCUT2D eigenvalue weighted by molar-refractivity contribution is -0.140. The highest BCUT2D eigenvalue weighted by Gasteiger charge is 2.33. The molecule has 0 radical (unpaired) electrons. The predicted molar refractivity (Wildman–Crippen MR) is 67.6 cm³/mol. The Morgan fingerprint density at radius 2 is 2.11 bits per heavy atom. The first kappa shape index (κ1) is 12.6. The Bertz CT molecular complexity index is 456. The second kappa shape index (κ2) is 5.18. The Labute approximate surface area is 105 Å². The van der Waals surface area contributed by atoms with E-state index in [-0.39, 0.29) is 19.0 Å². The van der Waals surface area contributed by atoms with Crippen LogP contribution in [0.15, 0.2) is 24.3 Å². The minimum absolute atomic E-state index is 0.180. The maximum absolute atomic E-state index is 11.9. The van der Waals surface area contributed by atoms with Gasteiger partial charge in [0.25, 0.3) is 0 Å². The molecule has 0 aromatic heterocycles. The monoisotopic (exact) mass is 248 g/mol. The van der Waals surface area contributed by atoms with Crippen molar-refractivity contribution in [1.29, 1.82) is 0 Å². The van der Waals surface area contributed by atoms with E-state index in [2.05, 4.69) is 5.32 Å². The van der Waals surface area contributed by atoms with Gasteiger partial charge >= 0.3 is 5.97 Å². The van der Waals surface area contributed by atoms with E-state index < -0.39 is 12.0 Å². The molecule has 2 N–H and O–H groups in total. The van der Waals surface area contributed by atoms with Gasteiger partial charge in [0.2, 0.25) is 5.91 Å². The van der Waals surface area contributed by atoms with Crippen LogP contribution in [0.2, 0.25) is 0 Å². The van der Waals surface area contributed by atoms with Crippen molar-refractivity contribution in [2.24, 2.45) is 0 Å². The number of hydrogen-bond donors (Lipinski definition) is 2. The molecule has 1 unspecified atom stereocenters. The lowest BCUT2D eigenvalue weighted by Gasteiger charge is -2.33. The van der Waals surface area contributed by atoms with Crippen LogP contribution >= 0.6 is 0 Å². The summed E-state index contributed by atoms with van der Waals surface area (Å²) in [5.41, 5.74) is 1.80. The highest BCUT2D eigenvalue weighted by atomic mass is 16.4. The molecule has 1 saturated heterocycles. The third-order valence-corrected chi connectivity index (χ3v) is 3.10. The predicted octanol–water partition coefficient (Wildman–Crippen LogP) is 0.638. The number of benzene rings is 1. The van der Waals surface area contributed by atoms with Gasteiger partial charge in [-0.25, -0.2) is 4.79 Å². The maximum Gasteiger partial charge on any atom is 0.328 e. The average Bonchev–Trinajstić information content (AvgIpc) is 2.38. The Hall–Kier alpha value is -1.88. The fourth-order valence-electron chi connectivity index (χ4n) is 2.08. The SMILES string of the molecule is CCc1ccc(N2C(=O)CNCC2C(=O)O)cc1. The van der Waals surface area contributed by atoms with Gasteiger partial charge < -0.3 is 10.4 Å². The minimum atomic E-state index is -0.991. The summed E-state index contributed by atoms with van der Waals surface area (Å²) in [6.45, 7) is 2.50. The van der Waals surface area contributed by atoms with E-state index in [0.29, 0.717) is 5.69 Å². The molecule has 1 aromatic rings. The summed E-state index contributed by atoms with van der Waals surface area (Å²) in [6.07, 6.45) is 0.915. The number of aliphatic carboxylic acids is 1. The summed E-state index contributed by atoms with van der Waals surface area (Å²) >= 11 is 0. The Balaban J connectivity index is 2.31. The van der Waals surface area contributed by atoms with Crippen LogP contribution < -0.4 is 10.2 Å². The van der Waals surface area contributed by atoms with Crippen LogP contribution in [0.25, 0.3) is 0 Å². The molecule has 1 atom stereocenters. The Morgan fingerprint density at radius 3 is 2.67 bits per heavy atom. The van der Waals surface area contributed by atoms with E-state index in [4.69, 9.17) is 5.11 Å². The molecule has 1 fully saturated rings. The number of aryl methyl sites for hydroxylation is 1. The second-order valence-electron chi connectivity index (χ2n) is 4.27.